The van der Waals surface area contributed by atoms with Gasteiger partial charge in [0.15, 0.2) is 5.82 Å². The van der Waals surface area contributed by atoms with E-state index in [-0.39, 0.29) is 23.6 Å². The Hall–Kier alpha value is -2.62. The summed E-state index contributed by atoms with van der Waals surface area (Å²) in [5, 5.41) is 6.78. The molecule has 1 aromatic heterocycles. The van der Waals surface area contributed by atoms with Crippen molar-refractivity contribution in [3.8, 4) is 17.0 Å². The number of methoxy groups -OCH3 is 1. The number of nitrogens with zero attached hydrogens (tertiary/aromatic N) is 3. The first-order chi connectivity index (χ1) is 18.0. The quantitative estimate of drug-likeness (QED) is 0.499. The normalized spacial score (nSPS) is 27.7. The highest BCUT2D eigenvalue weighted by molar-refractivity contribution is 5.79. The lowest BCUT2D eigenvalue weighted by Gasteiger charge is -2.57. The summed E-state index contributed by atoms with van der Waals surface area (Å²) in [7, 11) is 1.67. The minimum Gasteiger partial charge on any atom is -0.494 e. The standard InChI is InChI=1S/C28H38FN5O3/c1-28(33-27(35)20-8-12-30-13-9-20)21-10-14-34(15-11-21)25(28)26-31-18-23(29)24(32-26)19-4-6-22(7-5-19)37-17-3-16-36-2/h4-7,18,20-21,25,30H,3,8-17H2,1-2H3,(H,33,35). The number of carbonyl (C=O) groups excluding carboxylic acids is 1. The van der Waals surface area contributed by atoms with Crippen molar-refractivity contribution in [2.75, 3.05) is 46.5 Å². The number of amides is 1. The molecule has 4 saturated heterocycles. The molecule has 5 heterocycles. The van der Waals surface area contributed by atoms with E-state index in [4.69, 9.17) is 14.5 Å². The van der Waals surface area contributed by atoms with E-state index in [1.54, 1.807) is 7.11 Å². The molecule has 2 aromatic rings. The molecular formula is C28H38FN5O3. The van der Waals surface area contributed by atoms with Crippen LogP contribution in [0.15, 0.2) is 30.5 Å². The molecule has 2 bridgehead atoms. The Morgan fingerprint density at radius 1 is 1.16 bits per heavy atom. The molecule has 0 saturated carbocycles. The van der Waals surface area contributed by atoms with Gasteiger partial charge in [0.25, 0.3) is 0 Å². The van der Waals surface area contributed by atoms with Gasteiger partial charge in [-0.1, -0.05) is 0 Å². The third-order valence-electron chi connectivity index (χ3n) is 8.31. The van der Waals surface area contributed by atoms with Gasteiger partial charge in [-0.3, -0.25) is 9.69 Å². The number of aromatic nitrogens is 2. The van der Waals surface area contributed by atoms with E-state index < -0.39 is 11.4 Å². The molecule has 6 rings (SSSR count). The molecule has 0 radical (unpaired) electrons. The number of piperidine rings is 4. The number of halogens is 1. The Morgan fingerprint density at radius 3 is 2.59 bits per heavy atom. The molecule has 2 atom stereocenters. The second kappa shape index (κ2) is 11.4. The van der Waals surface area contributed by atoms with Crippen LogP contribution in [0.2, 0.25) is 0 Å². The minimum absolute atomic E-state index is 0.0223. The van der Waals surface area contributed by atoms with Crippen LogP contribution >= 0.6 is 0 Å². The van der Waals surface area contributed by atoms with Crippen molar-refractivity contribution in [1.82, 2.24) is 25.5 Å². The van der Waals surface area contributed by atoms with E-state index in [1.165, 1.54) is 6.20 Å². The monoisotopic (exact) mass is 511 g/mol. The fourth-order valence-corrected chi connectivity index (χ4v) is 6.23. The predicted molar refractivity (Wildman–Crippen MR) is 139 cm³/mol. The van der Waals surface area contributed by atoms with Crippen LogP contribution in [0.4, 0.5) is 4.39 Å². The highest BCUT2D eigenvalue weighted by Gasteiger charge is 2.54. The zero-order valence-corrected chi connectivity index (χ0v) is 21.8. The summed E-state index contributed by atoms with van der Waals surface area (Å²) in [6.07, 6.45) is 5.83. The molecule has 4 aliphatic heterocycles. The highest BCUT2D eigenvalue weighted by Crippen LogP contribution is 2.47. The third-order valence-corrected chi connectivity index (χ3v) is 8.31. The van der Waals surface area contributed by atoms with Crippen LogP contribution in [-0.4, -0.2) is 72.8 Å². The molecule has 1 aromatic carbocycles. The number of hydrogen-bond donors (Lipinski definition) is 2. The van der Waals surface area contributed by atoms with Gasteiger partial charge in [0.2, 0.25) is 5.91 Å². The van der Waals surface area contributed by atoms with Crippen LogP contribution in [0.5, 0.6) is 5.75 Å². The first-order valence-electron chi connectivity index (χ1n) is 13.5. The molecular weight excluding hydrogens is 473 g/mol. The van der Waals surface area contributed by atoms with Crippen LogP contribution in [0.1, 0.15) is 50.9 Å². The van der Waals surface area contributed by atoms with Crippen molar-refractivity contribution < 1.29 is 18.7 Å². The second-order valence-corrected chi connectivity index (χ2v) is 10.7. The number of fused-ring (bicyclic) bond motifs is 3. The average molecular weight is 512 g/mol. The molecule has 2 N–H and O–H groups in total. The van der Waals surface area contributed by atoms with Gasteiger partial charge >= 0.3 is 0 Å². The largest absolute Gasteiger partial charge is 0.494 e. The fraction of sp³-hybridized carbons (Fsp3) is 0.607. The minimum atomic E-state index is -0.506. The maximum absolute atomic E-state index is 15.0. The Balaban J connectivity index is 1.39. The van der Waals surface area contributed by atoms with Gasteiger partial charge in [0.05, 0.1) is 24.4 Å². The lowest BCUT2D eigenvalue weighted by Crippen LogP contribution is -2.67. The van der Waals surface area contributed by atoms with Crippen molar-refractivity contribution in [1.29, 1.82) is 0 Å². The van der Waals surface area contributed by atoms with E-state index in [2.05, 4.69) is 27.4 Å². The highest BCUT2D eigenvalue weighted by atomic mass is 19.1. The van der Waals surface area contributed by atoms with Crippen LogP contribution in [-0.2, 0) is 9.53 Å². The Morgan fingerprint density at radius 2 is 1.89 bits per heavy atom. The van der Waals surface area contributed by atoms with E-state index in [0.717, 1.165) is 64.0 Å². The van der Waals surface area contributed by atoms with Gasteiger partial charge in [-0.25, -0.2) is 14.4 Å². The van der Waals surface area contributed by atoms with Crippen LogP contribution in [0, 0.1) is 17.7 Å². The van der Waals surface area contributed by atoms with Gasteiger partial charge in [0.1, 0.15) is 17.3 Å². The first kappa shape index (κ1) is 26.0. The van der Waals surface area contributed by atoms with Crippen molar-refractivity contribution in [2.45, 2.75) is 50.6 Å². The molecule has 4 fully saturated rings. The molecule has 37 heavy (non-hydrogen) atoms. The van der Waals surface area contributed by atoms with Crippen LogP contribution < -0.4 is 15.4 Å². The predicted octanol–water partition coefficient (Wildman–Crippen LogP) is 3.34. The molecule has 1 amide bonds. The number of carbonyl (C=O) groups is 1. The first-order valence-corrected chi connectivity index (χ1v) is 13.5. The fourth-order valence-electron chi connectivity index (χ4n) is 6.23. The van der Waals surface area contributed by atoms with Crippen molar-refractivity contribution in [3.63, 3.8) is 0 Å². The Kier molecular flexibility index (Phi) is 8.02. The summed E-state index contributed by atoms with van der Waals surface area (Å²) < 4.78 is 25.8. The topological polar surface area (TPSA) is 88.6 Å². The lowest BCUT2D eigenvalue weighted by atomic mass is 9.68. The van der Waals surface area contributed by atoms with Crippen LogP contribution in [0.3, 0.4) is 0 Å². The van der Waals surface area contributed by atoms with Crippen LogP contribution in [0.25, 0.3) is 11.3 Å². The average Bonchev–Trinajstić information content (AvgIpc) is 2.93. The molecule has 4 aliphatic rings. The third kappa shape index (κ3) is 5.49. The molecule has 9 heteroatoms. The van der Waals surface area contributed by atoms with Gasteiger partial charge in [-0.2, -0.15) is 0 Å². The van der Waals surface area contributed by atoms with Gasteiger partial charge < -0.3 is 20.1 Å². The van der Waals surface area contributed by atoms with Gasteiger partial charge in [-0.05, 0) is 89.0 Å². The summed E-state index contributed by atoms with van der Waals surface area (Å²) >= 11 is 0. The number of benzene rings is 1. The Bertz CT molecular complexity index is 1070. The van der Waals surface area contributed by atoms with E-state index in [9.17, 15) is 9.18 Å². The zero-order valence-electron chi connectivity index (χ0n) is 21.8. The molecule has 200 valence electrons. The van der Waals surface area contributed by atoms with E-state index in [1.807, 2.05) is 24.3 Å². The number of ether oxygens (including phenoxy) is 2. The van der Waals surface area contributed by atoms with Crippen molar-refractivity contribution >= 4 is 5.91 Å². The molecule has 2 unspecified atom stereocenters. The maximum Gasteiger partial charge on any atom is 0.223 e. The van der Waals surface area contributed by atoms with E-state index in [0.29, 0.717) is 30.5 Å². The second-order valence-electron chi connectivity index (χ2n) is 10.7. The summed E-state index contributed by atoms with van der Waals surface area (Å²) in [5.41, 5.74) is 0.431. The lowest BCUT2D eigenvalue weighted by molar-refractivity contribution is -0.133. The summed E-state index contributed by atoms with van der Waals surface area (Å²) in [4.78, 5) is 24.9. The summed E-state index contributed by atoms with van der Waals surface area (Å²) in [5.74, 6) is 1.29. The van der Waals surface area contributed by atoms with Gasteiger partial charge in [0, 0.05) is 31.6 Å². The number of rotatable bonds is 9. The number of hydrogen-bond acceptors (Lipinski definition) is 7. The summed E-state index contributed by atoms with van der Waals surface area (Å²) in [6.45, 7) is 6.93. The molecule has 8 nitrogen and oxygen atoms in total. The maximum atomic E-state index is 15.0. The smallest absolute Gasteiger partial charge is 0.223 e. The summed E-state index contributed by atoms with van der Waals surface area (Å²) in [6, 6.07) is 7.11. The SMILES string of the molecule is COCCCOc1ccc(-c2nc(C3N4CCC(CC4)C3(C)NC(=O)C3CCNCC3)ncc2F)cc1. The van der Waals surface area contributed by atoms with E-state index >= 15 is 0 Å². The van der Waals surface area contributed by atoms with Crippen molar-refractivity contribution in [2.24, 2.45) is 11.8 Å². The number of nitrogens with one attached hydrogen (secondary N) is 2. The van der Waals surface area contributed by atoms with Crippen molar-refractivity contribution in [3.05, 3.63) is 42.1 Å². The molecule has 0 aliphatic carbocycles. The Labute approximate surface area is 218 Å². The molecule has 0 spiro atoms. The zero-order chi connectivity index (χ0) is 25.8. The van der Waals surface area contributed by atoms with Gasteiger partial charge in [-0.15, -0.1) is 0 Å².